The van der Waals surface area contributed by atoms with Gasteiger partial charge in [-0.3, -0.25) is 14.5 Å². The molecule has 0 saturated heterocycles. The number of rotatable bonds is 1. The minimum atomic E-state index is -0.168. The summed E-state index contributed by atoms with van der Waals surface area (Å²) >= 11 is 0. The number of nitrogens with zero attached hydrogens (tertiary/aromatic N) is 1. The molecule has 2 aliphatic heterocycles. The van der Waals surface area contributed by atoms with Crippen molar-refractivity contribution < 1.29 is 9.59 Å². The lowest BCUT2D eigenvalue weighted by Gasteiger charge is -2.24. The second kappa shape index (κ2) is 4.98. The van der Waals surface area contributed by atoms with Crippen LogP contribution in [0.15, 0.2) is 48.5 Å². The highest BCUT2D eigenvalue weighted by Gasteiger charge is 2.39. The van der Waals surface area contributed by atoms with Crippen molar-refractivity contribution >= 4 is 17.5 Å². The van der Waals surface area contributed by atoms with Gasteiger partial charge in [0.25, 0.3) is 11.8 Å². The predicted molar refractivity (Wildman–Crippen MR) is 84.0 cm³/mol. The van der Waals surface area contributed by atoms with E-state index in [2.05, 4.69) is 11.4 Å². The molecule has 22 heavy (non-hydrogen) atoms. The molecule has 0 spiro atoms. The van der Waals surface area contributed by atoms with Crippen molar-refractivity contribution in [3.63, 3.8) is 0 Å². The Balaban J connectivity index is 1.62. The largest absolute Gasteiger partial charge is 0.383 e. The zero-order chi connectivity index (χ0) is 15.1. The first-order valence-electron chi connectivity index (χ1n) is 7.54. The molecule has 2 amide bonds. The van der Waals surface area contributed by atoms with Gasteiger partial charge in [0.15, 0.2) is 0 Å². The lowest BCUT2D eigenvalue weighted by molar-refractivity contribution is 0.0586. The third-order valence-electron chi connectivity index (χ3n) is 4.48. The fraction of sp³-hybridized carbons (Fsp3) is 0.222. The molecule has 1 atom stereocenters. The minimum absolute atomic E-state index is 0.111. The number of nitrogens with one attached hydrogen (secondary N) is 1. The van der Waals surface area contributed by atoms with E-state index in [4.69, 9.17) is 0 Å². The highest BCUT2D eigenvalue weighted by Crippen LogP contribution is 2.29. The third kappa shape index (κ3) is 1.91. The molecule has 0 aromatic heterocycles. The number of para-hydroxylation sites is 1. The van der Waals surface area contributed by atoms with E-state index in [9.17, 15) is 9.59 Å². The Morgan fingerprint density at radius 1 is 0.909 bits per heavy atom. The monoisotopic (exact) mass is 292 g/mol. The molecule has 110 valence electrons. The predicted octanol–water partition coefficient (Wildman–Crippen LogP) is 2.71. The van der Waals surface area contributed by atoms with Gasteiger partial charge >= 0.3 is 0 Å². The fourth-order valence-electron chi connectivity index (χ4n) is 3.32. The van der Waals surface area contributed by atoms with Crippen molar-refractivity contribution in [3.05, 3.63) is 65.2 Å². The number of carbonyl (C=O) groups is 2. The zero-order valence-electron chi connectivity index (χ0n) is 12.1. The normalized spacial score (nSPS) is 20.2. The Labute approximate surface area is 128 Å². The van der Waals surface area contributed by atoms with Gasteiger partial charge in [0.2, 0.25) is 0 Å². The zero-order valence-corrected chi connectivity index (χ0v) is 12.1. The summed E-state index contributed by atoms with van der Waals surface area (Å²) in [4.78, 5) is 26.6. The van der Waals surface area contributed by atoms with E-state index < -0.39 is 0 Å². The first-order valence-corrected chi connectivity index (χ1v) is 7.54. The van der Waals surface area contributed by atoms with Crippen molar-refractivity contribution in [1.29, 1.82) is 0 Å². The lowest BCUT2D eigenvalue weighted by Crippen LogP contribution is -2.43. The van der Waals surface area contributed by atoms with Crippen molar-refractivity contribution in [1.82, 2.24) is 4.90 Å². The molecule has 2 aliphatic rings. The third-order valence-corrected chi connectivity index (χ3v) is 4.48. The molecule has 0 fully saturated rings. The maximum Gasteiger partial charge on any atom is 0.261 e. The summed E-state index contributed by atoms with van der Waals surface area (Å²) in [6.45, 7) is 0.600. The summed E-state index contributed by atoms with van der Waals surface area (Å²) in [6, 6.07) is 15.1. The number of imide groups is 1. The van der Waals surface area contributed by atoms with Gasteiger partial charge in [0.1, 0.15) is 0 Å². The van der Waals surface area contributed by atoms with Crippen LogP contribution in [-0.4, -0.2) is 29.3 Å². The van der Waals surface area contributed by atoms with E-state index in [1.54, 1.807) is 24.3 Å². The summed E-state index contributed by atoms with van der Waals surface area (Å²) in [5.41, 5.74) is 3.38. The molecule has 0 bridgehead atoms. The number of anilines is 1. The number of benzene rings is 2. The molecule has 1 N–H and O–H groups in total. The van der Waals surface area contributed by atoms with Gasteiger partial charge in [-0.2, -0.15) is 0 Å². The molecule has 1 unspecified atom stereocenters. The molecule has 4 heteroatoms. The Bertz CT molecular complexity index is 707. The van der Waals surface area contributed by atoms with Crippen LogP contribution < -0.4 is 5.32 Å². The molecule has 4 rings (SSSR count). The van der Waals surface area contributed by atoms with Gasteiger partial charge in [0.05, 0.1) is 17.2 Å². The quantitative estimate of drug-likeness (QED) is 0.822. The van der Waals surface area contributed by atoms with Crippen molar-refractivity contribution in [3.8, 4) is 0 Å². The molecule has 4 nitrogen and oxygen atoms in total. The van der Waals surface area contributed by atoms with E-state index in [1.807, 2.05) is 18.2 Å². The van der Waals surface area contributed by atoms with Crippen LogP contribution in [0.2, 0.25) is 0 Å². The van der Waals surface area contributed by atoms with E-state index >= 15 is 0 Å². The van der Waals surface area contributed by atoms with E-state index in [0.717, 1.165) is 18.5 Å². The molecule has 0 aliphatic carbocycles. The van der Waals surface area contributed by atoms with Gasteiger partial charge in [-0.25, -0.2) is 0 Å². The molecule has 2 aromatic rings. The highest BCUT2D eigenvalue weighted by molar-refractivity contribution is 6.21. The van der Waals surface area contributed by atoms with E-state index in [-0.39, 0.29) is 17.9 Å². The standard InChI is InChI=1S/C18H16N2O2/c21-17-14-6-2-3-7-15(14)18(22)20(17)13-10-9-12-5-1-4-8-16(12)19-11-13/h1-8,13,19H,9-11H2. The molecular formula is C18H16N2O2. The number of carbonyl (C=O) groups excluding carboxylic acids is 2. The summed E-state index contributed by atoms with van der Waals surface area (Å²) in [5, 5.41) is 3.37. The maximum absolute atomic E-state index is 12.6. The van der Waals surface area contributed by atoms with Crippen LogP contribution in [0.4, 0.5) is 5.69 Å². The van der Waals surface area contributed by atoms with Gasteiger partial charge in [0, 0.05) is 12.2 Å². The second-order valence-electron chi connectivity index (χ2n) is 5.76. The summed E-state index contributed by atoms with van der Waals surface area (Å²) in [6.07, 6.45) is 1.65. The van der Waals surface area contributed by atoms with Gasteiger partial charge in [-0.15, -0.1) is 0 Å². The molecular weight excluding hydrogens is 276 g/mol. The molecule has 0 radical (unpaired) electrons. The molecule has 2 heterocycles. The van der Waals surface area contributed by atoms with E-state index in [0.29, 0.717) is 17.7 Å². The highest BCUT2D eigenvalue weighted by atomic mass is 16.2. The fourth-order valence-corrected chi connectivity index (χ4v) is 3.32. The Kier molecular flexibility index (Phi) is 2.96. The summed E-state index contributed by atoms with van der Waals surface area (Å²) in [5.74, 6) is -0.336. The van der Waals surface area contributed by atoms with Crippen molar-refractivity contribution in [2.45, 2.75) is 18.9 Å². The first kappa shape index (κ1) is 13.1. The van der Waals surface area contributed by atoms with Gasteiger partial charge < -0.3 is 5.32 Å². The SMILES string of the molecule is O=C1c2ccccc2C(=O)N1C1CCc2ccccc2NC1. The topological polar surface area (TPSA) is 49.4 Å². The van der Waals surface area contributed by atoms with Gasteiger partial charge in [-0.05, 0) is 36.6 Å². The summed E-state index contributed by atoms with van der Waals surface area (Å²) < 4.78 is 0. The number of amides is 2. The van der Waals surface area contributed by atoms with Crippen LogP contribution in [0.5, 0.6) is 0 Å². The van der Waals surface area contributed by atoms with Gasteiger partial charge in [-0.1, -0.05) is 30.3 Å². The Morgan fingerprint density at radius 2 is 1.55 bits per heavy atom. The van der Waals surface area contributed by atoms with Crippen LogP contribution in [0.3, 0.4) is 0 Å². The van der Waals surface area contributed by atoms with Crippen molar-refractivity contribution in [2.24, 2.45) is 0 Å². The number of aryl methyl sites for hydroxylation is 1. The van der Waals surface area contributed by atoms with E-state index in [1.165, 1.54) is 10.5 Å². The molecule has 2 aromatic carbocycles. The first-order chi connectivity index (χ1) is 10.8. The van der Waals surface area contributed by atoms with Crippen LogP contribution in [0, 0.1) is 0 Å². The van der Waals surface area contributed by atoms with Crippen LogP contribution >= 0.6 is 0 Å². The molecule has 0 saturated carbocycles. The number of fused-ring (bicyclic) bond motifs is 2. The second-order valence-corrected chi connectivity index (χ2v) is 5.76. The van der Waals surface area contributed by atoms with Crippen LogP contribution in [-0.2, 0) is 6.42 Å². The average Bonchev–Trinajstić information content (AvgIpc) is 2.71. The number of hydrogen-bond acceptors (Lipinski definition) is 3. The average molecular weight is 292 g/mol. The van der Waals surface area contributed by atoms with Crippen LogP contribution in [0.1, 0.15) is 32.7 Å². The van der Waals surface area contributed by atoms with Crippen LogP contribution in [0.25, 0.3) is 0 Å². The Hall–Kier alpha value is -2.62. The van der Waals surface area contributed by atoms with Crippen molar-refractivity contribution in [2.75, 3.05) is 11.9 Å². The number of hydrogen-bond donors (Lipinski definition) is 1. The minimum Gasteiger partial charge on any atom is -0.383 e. The lowest BCUT2D eigenvalue weighted by atomic mass is 10.1. The maximum atomic E-state index is 12.6. The Morgan fingerprint density at radius 3 is 2.27 bits per heavy atom. The smallest absolute Gasteiger partial charge is 0.261 e. The summed E-state index contributed by atoms with van der Waals surface area (Å²) in [7, 11) is 0.